The molecular weight excluding hydrogens is 376 g/mol. The summed E-state index contributed by atoms with van der Waals surface area (Å²) in [6.45, 7) is 2.24. The van der Waals surface area contributed by atoms with Crippen LogP contribution in [0.5, 0.6) is 5.75 Å². The number of ether oxygens (including phenoxy) is 1. The van der Waals surface area contributed by atoms with Gasteiger partial charge in [-0.05, 0) is 55.9 Å². The Labute approximate surface area is 177 Å². The minimum absolute atomic E-state index is 0.109. The number of methoxy groups -OCH3 is 1. The maximum atomic E-state index is 12.8. The number of nitrogens with one attached hydrogen (secondary N) is 1. The zero-order valence-corrected chi connectivity index (χ0v) is 17.8. The third kappa shape index (κ3) is 4.50. The van der Waals surface area contributed by atoms with Gasteiger partial charge >= 0.3 is 0 Å². The molecule has 5 nitrogen and oxygen atoms in total. The Bertz CT molecular complexity index is 1000. The van der Waals surface area contributed by atoms with E-state index in [2.05, 4.69) is 17.2 Å². The molecule has 0 radical (unpaired) electrons. The van der Waals surface area contributed by atoms with E-state index in [1.807, 2.05) is 42.5 Å². The SMILES string of the molecule is CCCCC1CCC(C(=O)Nc2ccc3nc(-c4ccccc4OC)oc3c2)CC1. The molecule has 3 aromatic rings. The minimum atomic E-state index is 0.109. The summed E-state index contributed by atoms with van der Waals surface area (Å²) in [5.74, 6) is 2.25. The highest BCUT2D eigenvalue weighted by Gasteiger charge is 2.26. The van der Waals surface area contributed by atoms with Crippen molar-refractivity contribution in [1.29, 1.82) is 0 Å². The summed E-state index contributed by atoms with van der Waals surface area (Å²) in [6, 6.07) is 13.3. The van der Waals surface area contributed by atoms with Gasteiger partial charge in [0.25, 0.3) is 0 Å². The number of hydrogen-bond donors (Lipinski definition) is 1. The van der Waals surface area contributed by atoms with Crippen LogP contribution >= 0.6 is 0 Å². The van der Waals surface area contributed by atoms with Crippen LogP contribution in [0.15, 0.2) is 46.9 Å². The van der Waals surface area contributed by atoms with Gasteiger partial charge in [-0.2, -0.15) is 0 Å². The number of carbonyl (C=O) groups excluding carboxylic acids is 1. The van der Waals surface area contributed by atoms with Crippen LogP contribution in [0.25, 0.3) is 22.6 Å². The number of rotatable bonds is 7. The molecule has 5 heteroatoms. The predicted octanol–water partition coefficient (Wildman–Crippen LogP) is 6.44. The zero-order valence-electron chi connectivity index (χ0n) is 17.8. The minimum Gasteiger partial charge on any atom is -0.496 e. The van der Waals surface area contributed by atoms with E-state index in [4.69, 9.17) is 9.15 Å². The summed E-state index contributed by atoms with van der Waals surface area (Å²) in [7, 11) is 1.63. The van der Waals surface area contributed by atoms with E-state index in [9.17, 15) is 4.79 Å². The first-order valence-corrected chi connectivity index (χ1v) is 11.0. The molecule has 4 rings (SSSR count). The van der Waals surface area contributed by atoms with Crippen LogP contribution in [0.1, 0.15) is 51.9 Å². The summed E-state index contributed by atoms with van der Waals surface area (Å²) < 4.78 is 11.4. The number of unbranched alkanes of at least 4 members (excludes halogenated alkanes) is 1. The molecule has 1 N–H and O–H groups in total. The first-order chi connectivity index (χ1) is 14.7. The van der Waals surface area contributed by atoms with Gasteiger partial charge in [0.15, 0.2) is 5.58 Å². The molecule has 1 heterocycles. The third-order valence-electron chi connectivity index (χ3n) is 6.18. The average Bonchev–Trinajstić information content (AvgIpc) is 3.21. The van der Waals surface area contributed by atoms with E-state index in [-0.39, 0.29) is 11.8 Å². The average molecular weight is 407 g/mol. The second-order valence-corrected chi connectivity index (χ2v) is 8.25. The quantitative estimate of drug-likeness (QED) is 0.490. The molecule has 0 unspecified atom stereocenters. The summed E-state index contributed by atoms with van der Waals surface area (Å²) in [4.78, 5) is 17.3. The lowest BCUT2D eigenvalue weighted by Gasteiger charge is -2.27. The Morgan fingerprint density at radius 3 is 2.73 bits per heavy atom. The Balaban J connectivity index is 1.43. The van der Waals surface area contributed by atoms with Crippen LogP contribution in [-0.2, 0) is 4.79 Å². The number of fused-ring (bicyclic) bond motifs is 1. The van der Waals surface area contributed by atoms with Crippen molar-refractivity contribution in [3.8, 4) is 17.2 Å². The molecule has 1 saturated carbocycles. The Kier molecular flexibility index (Phi) is 6.36. The number of oxazole rings is 1. The molecule has 1 aromatic heterocycles. The van der Waals surface area contributed by atoms with Crippen molar-refractivity contribution >= 4 is 22.7 Å². The van der Waals surface area contributed by atoms with E-state index in [0.717, 1.165) is 35.5 Å². The third-order valence-corrected chi connectivity index (χ3v) is 6.18. The van der Waals surface area contributed by atoms with E-state index >= 15 is 0 Å². The molecule has 0 spiro atoms. The van der Waals surface area contributed by atoms with Gasteiger partial charge in [0, 0.05) is 17.7 Å². The summed E-state index contributed by atoms with van der Waals surface area (Å²) in [5.41, 5.74) is 2.97. The number of nitrogens with zero attached hydrogens (tertiary/aromatic N) is 1. The fourth-order valence-electron chi connectivity index (χ4n) is 4.39. The largest absolute Gasteiger partial charge is 0.496 e. The maximum Gasteiger partial charge on any atom is 0.231 e. The van der Waals surface area contributed by atoms with E-state index in [0.29, 0.717) is 17.2 Å². The van der Waals surface area contributed by atoms with Crippen LogP contribution in [0.2, 0.25) is 0 Å². The molecule has 1 amide bonds. The molecule has 0 atom stereocenters. The number of hydrogen-bond acceptors (Lipinski definition) is 4. The van der Waals surface area contributed by atoms with Crippen LogP contribution in [-0.4, -0.2) is 18.0 Å². The van der Waals surface area contributed by atoms with Crippen molar-refractivity contribution in [2.45, 2.75) is 51.9 Å². The number of para-hydroxylation sites is 1. The fourth-order valence-corrected chi connectivity index (χ4v) is 4.39. The topological polar surface area (TPSA) is 64.4 Å². The predicted molar refractivity (Wildman–Crippen MR) is 120 cm³/mol. The molecule has 2 aromatic carbocycles. The maximum absolute atomic E-state index is 12.8. The number of amides is 1. The highest BCUT2D eigenvalue weighted by atomic mass is 16.5. The first-order valence-electron chi connectivity index (χ1n) is 11.0. The van der Waals surface area contributed by atoms with Gasteiger partial charge in [0.05, 0.1) is 12.7 Å². The van der Waals surface area contributed by atoms with Crippen LogP contribution < -0.4 is 10.1 Å². The van der Waals surface area contributed by atoms with Crippen molar-refractivity contribution in [3.05, 3.63) is 42.5 Å². The normalized spacial score (nSPS) is 19.0. The molecule has 30 heavy (non-hydrogen) atoms. The number of aromatic nitrogens is 1. The van der Waals surface area contributed by atoms with Gasteiger partial charge in [0.1, 0.15) is 11.3 Å². The molecule has 158 valence electrons. The lowest BCUT2D eigenvalue weighted by atomic mass is 9.79. The number of benzene rings is 2. The van der Waals surface area contributed by atoms with Crippen LogP contribution in [0.3, 0.4) is 0 Å². The smallest absolute Gasteiger partial charge is 0.231 e. The van der Waals surface area contributed by atoms with Crippen molar-refractivity contribution in [3.63, 3.8) is 0 Å². The second kappa shape index (κ2) is 9.33. The molecule has 1 fully saturated rings. The lowest BCUT2D eigenvalue weighted by Crippen LogP contribution is -2.27. The fraction of sp³-hybridized carbons (Fsp3) is 0.440. The van der Waals surface area contributed by atoms with Gasteiger partial charge in [-0.1, -0.05) is 38.3 Å². The van der Waals surface area contributed by atoms with Gasteiger partial charge in [-0.15, -0.1) is 0 Å². The van der Waals surface area contributed by atoms with E-state index in [1.165, 1.54) is 32.1 Å². The lowest BCUT2D eigenvalue weighted by molar-refractivity contribution is -0.121. The molecule has 1 aliphatic carbocycles. The monoisotopic (exact) mass is 406 g/mol. The number of carbonyl (C=O) groups is 1. The molecule has 0 saturated heterocycles. The van der Waals surface area contributed by atoms with Crippen molar-refractivity contribution in [1.82, 2.24) is 4.98 Å². The Morgan fingerprint density at radius 1 is 1.17 bits per heavy atom. The molecule has 0 aliphatic heterocycles. The summed E-state index contributed by atoms with van der Waals surface area (Å²) >= 11 is 0. The summed E-state index contributed by atoms with van der Waals surface area (Å²) in [6.07, 6.45) is 8.18. The van der Waals surface area contributed by atoms with Crippen molar-refractivity contribution in [2.75, 3.05) is 12.4 Å². The molecule has 1 aliphatic rings. The van der Waals surface area contributed by atoms with Crippen LogP contribution in [0.4, 0.5) is 5.69 Å². The zero-order chi connectivity index (χ0) is 20.9. The first kappa shape index (κ1) is 20.5. The second-order valence-electron chi connectivity index (χ2n) is 8.25. The highest BCUT2D eigenvalue weighted by molar-refractivity contribution is 5.94. The highest BCUT2D eigenvalue weighted by Crippen LogP contribution is 2.34. The van der Waals surface area contributed by atoms with Crippen molar-refractivity contribution in [2.24, 2.45) is 11.8 Å². The van der Waals surface area contributed by atoms with Crippen LogP contribution in [0, 0.1) is 11.8 Å². The standard InChI is InChI=1S/C25H30N2O3/c1-3-4-7-17-10-12-18(13-11-17)24(28)26-19-14-15-21-23(16-19)30-25(27-21)20-8-5-6-9-22(20)29-2/h5-6,8-9,14-18H,3-4,7,10-13H2,1-2H3,(H,26,28). The van der Waals surface area contributed by atoms with Crippen molar-refractivity contribution < 1.29 is 13.9 Å². The van der Waals surface area contributed by atoms with Gasteiger partial charge in [0.2, 0.25) is 11.8 Å². The van der Waals surface area contributed by atoms with E-state index < -0.39 is 0 Å². The van der Waals surface area contributed by atoms with Gasteiger partial charge < -0.3 is 14.5 Å². The van der Waals surface area contributed by atoms with Gasteiger partial charge in [-0.25, -0.2) is 4.98 Å². The van der Waals surface area contributed by atoms with Gasteiger partial charge in [-0.3, -0.25) is 4.79 Å². The Morgan fingerprint density at radius 2 is 1.97 bits per heavy atom. The molecule has 0 bridgehead atoms. The summed E-state index contributed by atoms with van der Waals surface area (Å²) in [5, 5.41) is 3.08. The molecular formula is C25H30N2O3. The number of anilines is 1. The van der Waals surface area contributed by atoms with E-state index in [1.54, 1.807) is 7.11 Å². The Hall–Kier alpha value is -2.82.